The molecule has 0 saturated heterocycles. The highest BCUT2D eigenvalue weighted by molar-refractivity contribution is 8.02. The van der Waals surface area contributed by atoms with Crippen molar-refractivity contribution in [2.45, 2.75) is 29.1 Å². The fourth-order valence-electron chi connectivity index (χ4n) is 1.61. The molecule has 2 rings (SSSR count). The Kier molecular flexibility index (Phi) is 6.87. The molecular formula is C13H15F3N4OS3. The SMILES string of the molecule is CC(Sc1nnc(NCCc2cccs2)s1)C(=O)NCC(F)(F)F. The van der Waals surface area contributed by atoms with E-state index in [4.69, 9.17) is 0 Å². The van der Waals surface area contributed by atoms with Gasteiger partial charge in [-0.05, 0) is 24.8 Å². The smallest absolute Gasteiger partial charge is 0.360 e. The maximum atomic E-state index is 12.1. The molecule has 1 amide bonds. The molecule has 2 N–H and O–H groups in total. The van der Waals surface area contributed by atoms with Gasteiger partial charge >= 0.3 is 6.18 Å². The Morgan fingerprint density at radius 1 is 1.42 bits per heavy atom. The van der Waals surface area contributed by atoms with Crippen LogP contribution in [0.3, 0.4) is 0 Å². The van der Waals surface area contributed by atoms with Crippen molar-refractivity contribution in [3.8, 4) is 0 Å². The zero-order valence-electron chi connectivity index (χ0n) is 12.6. The van der Waals surface area contributed by atoms with Crippen molar-refractivity contribution in [3.63, 3.8) is 0 Å². The van der Waals surface area contributed by atoms with Crippen LogP contribution in [0.5, 0.6) is 0 Å². The summed E-state index contributed by atoms with van der Waals surface area (Å²) in [5.41, 5.74) is 0. The second kappa shape index (κ2) is 8.67. The lowest BCUT2D eigenvalue weighted by molar-refractivity contribution is -0.137. The van der Waals surface area contributed by atoms with Crippen LogP contribution >= 0.6 is 34.4 Å². The second-order valence-corrected chi connectivity index (χ2v) is 8.32. The number of anilines is 1. The summed E-state index contributed by atoms with van der Waals surface area (Å²) in [5, 5.41) is 14.8. The highest BCUT2D eigenvalue weighted by Crippen LogP contribution is 2.29. The van der Waals surface area contributed by atoms with E-state index in [1.54, 1.807) is 11.3 Å². The van der Waals surface area contributed by atoms with Crippen molar-refractivity contribution in [1.29, 1.82) is 0 Å². The molecule has 0 radical (unpaired) electrons. The number of carbonyl (C=O) groups is 1. The minimum atomic E-state index is -4.41. The van der Waals surface area contributed by atoms with E-state index in [0.29, 0.717) is 16.0 Å². The molecule has 0 bridgehead atoms. The van der Waals surface area contributed by atoms with Gasteiger partial charge in [0, 0.05) is 11.4 Å². The number of thiophene rings is 1. The van der Waals surface area contributed by atoms with Crippen LogP contribution in [0.15, 0.2) is 21.9 Å². The van der Waals surface area contributed by atoms with Crippen LogP contribution in [0.4, 0.5) is 18.3 Å². The molecular weight excluding hydrogens is 381 g/mol. The summed E-state index contributed by atoms with van der Waals surface area (Å²) in [7, 11) is 0. The maximum absolute atomic E-state index is 12.1. The molecule has 5 nitrogen and oxygen atoms in total. The Hall–Kier alpha value is -1.33. The minimum Gasteiger partial charge on any atom is -0.360 e. The van der Waals surface area contributed by atoms with E-state index < -0.39 is 23.9 Å². The third kappa shape index (κ3) is 6.65. The fraction of sp³-hybridized carbons (Fsp3) is 0.462. The number of aromatic nitrogens is 2. The monoisotopic (exact) mass is 396 g/mol. The molecule has 132 valence electrons. The van der Waals surface area contributed by atoms with Gasteiger partial charge in [0.25, 0.3) is 0 Å². The molecule has 2 heterocycles. The number of nitrogens with one attached hydrogen (secondary N) is 2. The number of rotatable bonds is 8. The van der Waals surface area contributed by atoms with Crippen molar-refractivity contribution >= 4 is 45.5 Å². The third-order valence-corrected chi connectivity index (χ3v) is 5.75. The molecule has 0 spiro atoms. The van der Waals surface area contributed by atoms with Gasteiger partial charge in [-0.3, -0.25) is 4.79 Å². The largest absolute Gasteiger partial charge is 0.405 e. The second-order valence-electron chi connectivity index (χ2n) is 4.72. The number of hydrogen-bond acceptors (Lipinski definition) is 7. The van der Waals surface area contributed by atoms with E-state index in [-0.39, 0.29) is 0 Å². The fourth-order valence-corrected chi connectivity index (χ4v) is 4.27. The predicted molar refractivity (Wildman–Crippen MR) is 90.8 cm³/mol. The van der Waals surface area contributed by atoms with Crippen molar-refractivity contribution in [3.05, 3.63) is 22.4 Å². The molecule has 0 aliphatic rings. The summed E-state index contributed by atoms with van der Waals surface area (Å²) in [4.78, 5) is 12.9. The highest BCUT2D eigenvalue weighted by atomic mass is 32.2. The number of nitrogens with zero attached hydrogens (tertiary/aromatic N) is 2. The molecule has 2 aromatic heterocycles. The summed E-state index contributed by atoms with van der Waals surface area (Å²) in [6.07, 6.45) is -3.54. The third-order valence-electron chi connectivity index (χ3n) is 2.74. The maximum Gasteiger partial charge on any atom is 0.405 e. The first kappa shape index (κ1) is 19.0. The van der Waals surface area contributed by atoms with Gasteiger partial charge in [0.15, 0.2) is 4.34 Å². The summed E-state index contributed by atoms with van der Waals surface area (Å²) in [6, 6.07) is 4.04. The van der Waals surface area contributed by atoms with Crippen LogP contribution in [0.1, 0.15) is 11.8 Å². The van der Waals surface area contributed by atoms with Gasteiger partial charge in [0.1, 0.15) is 6.54 Å². The van der Waals surface area contributed by atoms with Gasteiger partial charge in [0.2, 0.25) is 11.0 Å². The highest BCUT2D eigenvalue weighted by Gasteiger charge is 2.29. The molecule has 24 heavy (non-hydrogen) atoms. The van der Waals surface area contributed by atoms with E-state index in [1.165, 1.54) is 23.1 Å². The average Bonchev–Trinajstić information content (AvgIpc) is 3.16. The molecule has 2 aromatic rings. The lowest BCUT2D eigenvalue weighted by atomic mass is 10.3. The standard InChI is InChI=1S/C13H15F3N4OS3/c1-8(10(21)18-7-13(14,15)16)23-12-20-19-11(24-12)17-5-4-9-3-2-6-22-9/h2-3,6,8H,4-5,7H2,1H3,(H,17,19)(H,18,21). The lowest BCUT2D eigenvalue weighted by Gasteiger charge is -2.11. The average molecular weight is 396 g/mol. The zero-order valence-corrected chi connectivity index (χ0v) is 15.0. The zero-order chi connectivity index (χ0) is 17.6. The Morgan fingerprint density at radius 3 is 2.88 bits per heavy atom. The number of thioether (sulfide) groups is 1. The van der Waals surface area contributed by atoms with E-state index in [2.05, 4.69) is 21.6 Å². The lowest BCUT2D eigenvalue weighted by Crippen LogP contribution is -2.37. The van der Waals surface area contributed by atoms with Crippen molar-refractivity contribution < 1.29 is 18.0 Å². The first-order chi connectivity index (χ1) is 11.3. The summed E-state index contributed by atoms with van der Waals surface area (Å²) in [5.74, 6) is -0.681. The molecule has 0 saturated carbocycles. The van der Waals surface area contributed by atoms with E-state index in [9.17, 15) is 18.0 Å². The van der Waals surface area contributed by atoms with Gasteiger partial charge < -0.3 is 10.6 Å². The summed E-state index contributed by atoms with van der Waals surface area (Å²) >= 11 is 4.03. The van der Waals surface area contributed by atoms with Gasteiger partial charge in [-0.15, -0.1) is 21.5 Å². The van der Waals surface area contributed by atoms with E-state index >= 15 is 0 Å². The Morgan fingerprint density at radius 2 is 2.21 bits per heavy atom. The van der Waals surface area contributed by atoms with Gasteiger partial charge in [0.05, 0.1) is 5.25 Å². The number of carbonyl (C=O) groups excluding carboxylic acids is 1. The van der Waals surface area contributed by atoms with Crippen LogP contribution < -0.4 is 10.6 Å². The van der Waals surface area contributed by atoms with Crippen LogP contribution in [-0.4, -0.2) is 40.6 Å². The number of alkyl halides is 3. The van der Waals surface area contributed by atoms with Gasteiger partial charge in [-0.25, -0.2) is 0 Å². The Labute approximate surface area is 149 Å². The van der Waals surface area contributed by atoms with Crippen LogP contribution in [0.2, 0.25) is 0 Å². The number of halogens is 3. The molecule has 11 heteroatoms. The summed E-state index contributed by atoms with van der Waals surface area (Å²) in [6.45, 7) is 0.908. The van der Waals surface area contributed by atoms with Crippen LogP contribution in [0.25, 0.3) is 0 Å². The van der Waals surface area contributed by atoms with Crippen molar-refractivity contribution in [1.82, 2.24) is 15.5 Å². The summed E-state index contributed by atoms with van der Waals surface area (Å²) < 4.78 is 36.8. The van der Waals surface area contributed by atoms with Crippen molar-refractivity contribution in [2.75, 3.05) is 18.4 Å². The van der Waals surface area contributed by atoms with Crippen LogP contribution in [0, 0.1) is 0 Å². The molecule has 0 fully saturated rings. The quantitative estimate of drug-likeness (QED) is 0.670. The molecule has 1 atom stereocenters. The first-order valence-corrected chi connectivity index (χ1v) is 9.52. The number of amides is 1. The Bertz CT molecular complexity index is 645. The topological polar surface area (TPSA) is 66.9 Å². The van der Waals surface area contributed by atoms with Gasteiger partial charge in [-0.2, -0.15) is 13.2 Å². The predicted octanol–water partition coefficient (Wildman–Crippen LogP) is 3.41. The first-order valence-electron chi connectivity index (χ1n) is 6.94. The normalized spacial score (nSPS) is 12.8. The van der Waals surface area contributed by atoms with Gasteiger partial charge in [-0.1, -0.05) is 29.2 Å². The van der Waals surface area contributed by atoms with E-state index in [1.807, 2.05) is 16.8 Å². The van der Waals surface area contributed by atoms with Crippen LogP contribution in [-0.2, 0) is 11.2 Å². The Balaban J connectivity index is 1.74. The van der Waals surface area contributed by atoms with E-state index in [0.717, 1.165) is 18.2 Å². The minimum absolute atomic E-state index is 0.531. The number of hydrogen-bond donors (Lipinski definition) is 2. The molecule has 0 aliphatic carbocycles. The molecule has 1 unspecified atom stereocenters. The molecule has 0 aliphatic heterocycles. The van der Waals surface area contributed by atoms with Crippen molar-refractivity contribution in [2.24, 2.45) is 0 Å². The molecule has 0 aromatic carbocycles.